The number of nitro groups is 1. The monoisotopic (exact) mass is 370 g/mol. The lowest BCUT2D eigenvalue weighted by molar-refractivity contribution is -0.656. The predicted molar refractivity (Wildman–Crippen MR) is 103 cm³/mol. The molecular weight excluding hydrogens is 350 g/mol. The molecule has 0 bridgehead atoms. The average molecular weight is 370 g/mol. The fourth-order valence-electron chi connectivity index (χ4n) is 3.59. The van der Waals surface area contributed by atoms with Crippen molar-refractivity contribution in [1.82, 2.24) is 0 Å². The number of nitro benzene ring substituents is 1. The topological polar surface area (TPSA) is 69.6 Å². The number of non-ortho nitro benzene ring substituents is 1. The maximum absolute atomic E-state index is 11.6. The Hall–Kier alpha value is -2.38. The van der Waals surface area contributed by atoms with Crippen LogP contribution in [-0.4, -0.2) is 38.6 Å². The predicted octanol–water partition coefficient (Wildman–Crippen LogP) is 3.07. The van der Waals surface area contributed by atoms with E-state index in [0.717, 1.165) is 29.6 Å². The number of hydrogen-bond donors (Lipinski definition) is 1. The third-order valence-corrected chi connectivity index (χ3v) is 6.09. The number of nitrogens with zero attached hydrogens (tertiary/aromatic N) is 3. The smallest absolute Gasteiger partial charge is 0.316 e. The number of amidine groups is 1. The minimum Gasteiger partial charge on any atom is -0.346 e. The Bertz CT molecular complexity index is 897. The summed E-state index contributed by atoms with van der Waals surface area (Å²) in [5.74, 6) is 1.02. The van der Waals surface area contributed by atoms with Gasteiger partial charge in [0, 0.05) is 23.4 Å². The van der Waals surface area contributed by atoms with Gasteiger partial charge < -0.3 is 5.11 Å². The summed E-state index contributed by atoms with van der Waals surface area (Å²) in [6, 6.07) is 14.5. The van der Waals surface area contributed by atoms with E-state index in [-0.39, 0.29) is 5.69 Å². The van der Waals surface area contributed by atoms with Crippen LogP contribution in [-0.2, 0) is 5.72 Å². The molecule has 134 valence electrons. The van der Waals surface area contributed by atoms with E-state index in [0.29, 0.717) is 12.1 Å². The molecular formula is C19H20N3O3S+. The van der Waals surface area contributed by atoms with Gasteiger partial charge >= 0.3 is 5.17 Å². The molecule has 0 amide bonds. The van der Waals surface area contributed by atoms with Gasteiger partial charge in [-0.15, -0.1) is 0 Å². The van der Waals surface area contributed by atoms with Crippen LogP contribution in [0.1, 0.15) is 17.5 Å². The molecule has 0 saturated carbocycles. The van der Waals surface area contributed by atoms with Crippen molar-refractivity contribution < 1.29 is 14.6 Å². The normalized spacial score (nSPS) is 22.5. The summed E-state index contributed by atoms with van der Waals surface area (Å²) in [5.41, 5.74) is 1.74. The standard InChI is InChI=1S/C19H20N3O3S/c1-14-4-2-5-17(12-14)20-13-19(23,21-10-3-11-26-18(20)21)15-6-8-16(9-7-15)22(24)25/h2,4-9,12,23H,3,10-11,13H2,1H3/q+1/t19-/m1/s1. The van der Waals surface area contributed by atoms with Crippen LogP contribution in [0, 0.1) is 17.0 Å². The molecule has 7 heteroatoms. The van der Waals surface area contributed by atoms with Crippen LogP contribution in [0.5, 0.6) is 0 Å². The molecule has 6 nitrogen and oxygen atoms in total. The SMILES string of the molecule is Cc1cccc(N2C[C@@](O)(c3ccc([N+](=O)[O-])cc3)[N+]3=C2SCCC3)c1. The minimum absolute atomic E-state index is 0.0307. The molecule has 0 spiro atoms. The number of benzene rings is 2. The van der Waals surface area contributed by atoms with Crippen molar-refractivity contribution in [3.8, 4) is 0 Å². The number of hydrogen-bond acceptors (Lipinski definition) is 5. The van der Waals surface area contributed by atoms with Crippen LogP contribution < -0.4 is 4.90 Å². The number of rotatable bonds is 3. The van der Waals surface area contributed by atoms with E-state index < -0.39 is 10.6 Å². The van der Waals surface area contributed by atoms with Crippen LogP contribution in [0.4, 0.5) is 11.4 Å². The molecule has 0 radical (unpaired) electrons. The first-order valence-corrected chi connectivity index (χ1v) is 9.56. The van der Waals surface area contributed by atoms with Gasteiger partial charge in [-0.1, -0.05) is 12.1 Å². The summed E-state index contributed by atoms with van der Waals surface area (Å²) >= 11 is 1.75. The second-order valence-corrected chi connectivity index (χ2v) is 7.74. The van der Waals surface area contributed by atoms with Crippen molar-refractivity contribution in [1.29, 1.82) is 0 Å². The van der Waals surface area contributed by atoms with Gasteiger partial charge in [-0.05, 0) is 54.9 Å². The van der Waals surface area contributed by atoms with Gasteiger partial charge in [-0.25, -0.2) is 9.48 Å². The number of β-amino-alcohol motifs (C(OH)–C–C–N with tert-alkyl or cyclic N) is 1. The highest BCUT2D eigenvalue weighted by Gasteiger charge is 2.53. The van der Waals surface area contributed by atoms with E-state index in [4.69, 9.17) is 0 Å². The second kappa shape index (κ2) is 6.41. The zero-order chi connectivity index (χ0) is 18.3. The summed E-state index contributed by atoms with van der Waals surface area (Å²) in [6.07, 6.45) is 0.991. The van der Waals surface area contributed by atoms with Crippen LogP contribution in [0.2, 0.25) is 0 Å². The largest absolute Gasteiger partial charge is 0.346 e. The Morgan fingerprint density at radius 2 is 2.04 bits per heavy atom. The number of thioether (sulfide) groups is 1. The Morgan fingerprint density at radius 3 is 2.73 bits per heavy atom. The maximum atomic E-state index is 11.6. The molecule has 2 aliphatic heterocycles. The fraction of sp³-hybridized carbons (Fsp3) is 0.316. The van der Waals surface area contributed by atoms with Crippen LogP contribution in [0.3, 0.4) is 0 Å². The summed E-state index contributed by atoms with van der Waals surface area (Å²) in [5, 5.41) is 23.5. The van der Waals surface area contributed by atoms with Gasteiger partial charge in [0.2, 0.25) is 0 Å². The lowest BCUT2D eigenvalue weighted by Gasteiger charge is -2.24. The Morgan fingerprint density at radius 1 is 1.27 bits per heavy atom. The zero-order valence-corrected chi connectivity index (χ0v) is 15.3. The molecule has 0 aromatic heterocycles. The van der Waals surface area contributed by atoms with Crippen molar-refractivity contribution in [3.05, 3.63) is 69.8 Å². The maximum Gasteiger partial charge on any atom is 0.316 e. The lowest BCUT2D eigenvalue weighted by atomic mass is 10.0. The lowest BCUT2D eigenvalue weighted by Crippen LogP contribution is -2.41. The molecule has 0 saturated heterocycles. The molecule has 1 N–H and O–H groups in total. The number of aryl methyl sites for hydroxylation is 1. The van der Waals surface area contributed by atoms with E-state index in [1.807, 2.05) is 10.6 Å². The van der Waals surface area contributed by atoms with Crippen molar-refractivity contribution in [3.63, 3.8) is 0 Å². The van der Waals surface area contributed by atoms with E-state index in [1.54, 1.807) is 23.9 Å². The summed E-state index contributed by atoms with van der Waals surface area (Å²) in [7, 11) is 0. The van der Waals surface area contributed by atoms with E-state index in [9.17, 15) is 15.2 Å². The zero-order valence-electron chi connectivity index (χ0n) is 14.5. The van der Waals surface area contributed by atoms with Crippen LogP contribution >= 0.6 is 11.8 Å². The molecule has 0 aliphatic carbocycles. The van der Waals surface area contributed by atoms with Crippen LogP contribution in [0.15, 0.2) is 48.5 Å². The Kier molecular flexibility index (Phi) is 4.20. The molecule has 2 aromatic rings. The molecule has 1 atom stereocenters. The molecule has 26 heavy (non-hydrogen) atoms. The van der Waals surface area contributed by atoms with E-state index in [1.165, 1.54) is 17.7 Å². The Labute approximate surface area is 155 Å². The molecule has 0 fully saturated rings. The van der Waals surface area contributed by atoms with E-state index in [2.05, 4.69) is 30.0 Å². The third-order valence-electron chi connectivity index (χ3n) is 4.90. The molecule has 2 aromatic carbocycles. The Balaban J connectivity index is 1.77. The van der Waals surface area contributed by atoms with Crippen molar-refractivity contribution in [2.75, 3.05) is 23.7 Å². The highest BCUT2D eigenvalue weighted by atomic mass is 32.2. The van der Waals surface area contributed by atoms with Crippen molar-refractivity contribution >= 4 is 28.3 Å². The van der Waals surface area contributed by atoms with Crippen LogP contribution in [0.25, 0.3) is 0 Å². The van der Waals surface area contributed by atoms with Gasteiger partial charge in [-0.2, -0.15) is 0 Å². The van der Waals surface area contributed by atoms with Gasteiger partial charge in [-0.3, -0.25) is 10.1 Å². The quantitative estimate of drug-likeness (QED) is 0.511. The fourth-order valence-corrected chi connectivity index (χ4v) is 4.77. The van der Waals surface area contributed by atoms with Crippen molar-refractivity contribution in [2.45, 2.75) is 19.1 Å². The van der Waals surface area contributed by atoms with Gasteiger partial charge in [0.25, 0.3) is 11.4 Å². The first-order chi connectivity index (χ1) is 12.5. The first kappa shape index (κ1) is 17.1. The van der Waals surface area contributed by atoms with Crippen molar-refractivity contribution in [2.24, 2.45) is 0 Å². The summed E-state index contributed by atoms with van der Waals surface area (Å²) in [4.78, 5) is 12.7. The number of aliphatic hydroxyl groups is 1. The minimum atomic E-state index is -1.19. The van der Waals surface area contributed by atoms with Gasteiger partial charge in [0.15, 0.2) is 6.54 Å². The second-order valence-electron chi connectivity index (χ2n) is 6.68. The van der Waals surface area contributed by atoms with Gasteiger partial charge in [0.1, 0.15) is 5.69 Å². The number of anilines is 1. The third kappa shape index (κ3) is 2.77. The average Bonchev–Trinajstić information content (AvgIpc) is 2.96. The first-order valence-electron chi connectivity index (χ1n) is 8.58. The van der Waals surface area contributed by atoms with Gasteiger partial charge in [0.05, 0.1) is 11.5 Å². The molecule has 2 heterocycles. The molecule has 4 rings (SSSR count). The molecule has 2 aliphatic rings. The molecule has 0 unspecified atom stereocenters. The van der Waals surface area contributed by atoms with E-state index >= 15 is 0 Å². The highest BCUT2D eigenvalue weighted by molar-refractivity contribution is 8.13. The summed E-state index contributed by atoms with van der Waals surface area (Å²) < 4.78 is 2.03. The summed E-state index contributed by atoms with van der Waals surface area (Å²) in [6.45, 7) is 3.22. The highest BCUT2D eigenvalue weighted by Crippen LogP contribution is 2.38.